The van der Waals surface area contributed by atoms with Crippen LogP contribution in [0.15, 0.2) is 18.2 Å². The van der Waals surface area contributed by atoms with Crippen molar-refractivity contribution in [2.24, 2.45) is 10.8 Å². The van der Waals surface area contributed by atoms with Crippen molar-refractivity contribution < 1.29 is 4.74 Å². The first-order valence-electron chi connectivity index (χ1n) is 9.74. The molecule has 0 fully saturated rings. The standard InChI is InChI=1S/C23H39NO/c1-11-25-15-17-12-13-19-18(14-17)23(20(2,3)4,21(5,6)7)16-24(19)22(8,9)10/h12-14H,11,15-16H2,1-10H3. The van der Waals surface area contributed by atoms with Crippen LogP contribution in [0.5, 0.6) is 0 Å². The molecule has 25 heavy (non-hydrogen) atoms. The van der Waals surface area contributed by atoms with E-state index < -0.39 is 0 Å². The molecule has 0 unspecified atom stereocenters. The first-order valence-corrected chi connectivity index (χ1v) is 9.74. The fraction of sp³-hybridized carbons (Fsp3) is 0.739. The van der Waals surface area contributed by atoms with Gasteiger partial charge in [-0.1, -0.05) is 53.7 Å². The lowest BCUT2D eigenvalue weighted by Crippen LogP contribution is -2.55. The molecule has 1 heterocycles. The van der Waals surface area contributed by atoms with Crippen molar-refractivity contribution in [2.75, 3.05) is 18.1 Å². The third-order valence-corrected chi connectivity index (χ3v) is 6.05. The maximum absolute atomic E-state index is 5.70. The summed E-state index contributed by atoms with van der Waals surface area (Å²) in [5, 5.41) is 0. The normalized spacial score (nSPS) is 17.8. The topological polar surface area (TPSA) is 12.5 Å². The summed E-state index contributed by atoms with van der Waals surface area (Å²) in [6, 6.07) is 7.00. The van der Waals surface area contributed by atoms with Crippen LogP contribution in [-0.2, 0) is 16.8 Å². The zero-order valence-corrected chi connectivity index (χ0v) is 18.2. The smallest absolute Gasteiger partial charge is 0.0716 e. The highest BCUT2D eigenvalue weighted by molar-refractivity contribution is 5.66. The van der Waals surface area contributed by atoms with E-state index in [1.54, 1.807) is 0 Å². The van der Waals surface area contributed by atoms with Crippen molar-refractivity contribution >= 4 is 5.69 Å². The highest BCUT2D eigenvalue weighted by Gasteiger charge is 2.58. The maximum atomic E-state index is 5.70. The molecule has 0 radical (unpaired) electrons. The van der Waals surface area contributed by atoms with Gasteiger partial charge in [0.2, 0.25) is 0 Å². The Bertz CT molecular complexity index is 596. The zero-order chi connectivity index (χ0) is 19.3. The lowest BCUT2D eigenvalue weighted by Gasteiger charge is -2.53. The summed E-state index contributed by atoms with van der Waals surface area (Å²) in [4.78, 5) is 2.61. The Balaban J connectivity index is 2.73. The van der Waals surface area contributed by atoms with Gasteiger partial charge in [-0.05, 0) is 55.7 Å². The molecule has 2 nitrogen and oxygen atoms in total. The monoisotopic (exact) mass is 345 g/mol. The largest absolute Gasteiger partial charge is 0.377 e. The molecule has 2 rings (SSSR count). The van der Waals surface area contributed by atoms with Crippen molar-refractivity contribution in [1.82, 2.24) is 0 Å². The third-order valence-electron chi connectivity index (χ3n) is 6.05. The van der Waals surface area contributed by atoms with Gasteiger partial charge in [0.1, 0.15) is 0 Å². The average molecular weight is 346 g/mol. The van der Waals surface area contributed by atoms with E-state index >= 15 is 0 Å². The number of fused-ring (bicyclic) bond motifs is 1. The molecule has 1 aromatic rings. The van der Waals surface area contributed by atoms with E-state index in [-0.39, 0.29) is 21.8 Å². The maximum Gasteiger partial charge on any atom is 0.0716 e. The number of anilines is 1. The average Bonchev–Trinajstić information content (AvgIpc) is 2.79. The number of ether oxygens (including phenoxy) is 1. The Kier molecular flexibility index (Phi) is 5.11. The van der Waals surface area contributed by atoms with Gasteiger partial charge in [0.15, 0.2) is 0 Å². The number of hydrogen-bond donors (Lipinski definition) is 0. The molecule has 0 amide bonds. The van der Waals surface area contributed by atoms with E-state index in [9.17, 15) is 0 Å². The number of nitrogens with zero attached hydrogens (tertiary/aromatic N) is 1. The van der Waals surface area contributed by atoms with Crippen molar-refractivity contribution in [3.8, 4) is 0 Å². The molecular formula is C23H39NO. The molecule has 2 heteroatoms. The Morgan fingerprint density at radius 1 is 0.960 bits per heavy atom. The Morgan fingerprint density at radius 2 is 1.52 bits per heavy atom. The molecule has 0 saturated heterocycles. The van der Waals surface area contributed by atoms with Gasteiger partial charge >= 0.3 is 0 Å². The van der Waals surface area contributed by atoms with E-state index in [0.29, 0.717) is 6.61 Å². The van der Waals surface area contributed by atoms with Crippen molar-refractivity contribution in [2.45, 2.75) is 86.8 Å². The van der Waals surface area contributed by atoms with Crippen LogP contribution in [0, 0.1) is 10.8 Å². The van der Waals surface area contributed by atoms with Gasteiger partial charge < -0.3 is 9.64 Å². The molecule has 0 spiro atoms. The van der Waals surface area contributed by atoms with Crippen molar-refractivity contribution in [3.63, 3.8) is 0 Å². The van der Waals surface area contributed by atoms with Gasteiger partial charge in [-0.3, -0.25) is 0 Å². The van der Waals surface area contributed by atoms with Gasteiger partial charge in [-0.2, -0.15) is 0 Å². The second-order valence-corrected chi connectivity index (χ2v) is 10.7. The van der Waals surface area contributed by atoms with Gasteiger partial charge in [-0.25, -0.2) is 0 Å². The molecule has 1 aliphatic rings. The summed E-state index contributed by atoms with van der Waals surface area (Å²) in [6.07, 6.45) is 0. The highest BCUT2D eigenvalue weighted by atomic mass is 16.5. The van der Waals surface area contributed by atoms with Crippen LogP contribution in [0.3, 0.4) is 0 Å². The predicted molar refractivity (Wildman–Crippen MR) is 109 cm³/mol. The van der Waals surface area contributed by atoms with Gasteiger partial charge in [0, 0.05) is 29.8 Å². The number of rotatable bonds is 3. The summed E-state index contributed by atoms with van der Waals surface area (Å²) < 4.78 is 5.70. The quantitative estimate of drug-likeness (QED) is 0.649. The van der Waals surface area contributed by atoms with E-state index in [4.69, 9.17) is 4.74 Å². The third kappa shape index (κ3) is 3.35. The molecule has 0 atom stereocenters. The summed E-state index contributed by atoms with van der Waals surface area (Å²) in [5.74, 6) is 0. The van der Waals surface area contributed by atoms with Crippen molar-refractivity contribution in [3.05, 3.63) is 29.3 Å². The minimum atomic E-state index is 0.0881. The molecule has 142 valence electrons. The van der Waals surface area contributed by atoms with Gasteiger partial charge in [0.25, 0.3) is 0 Å². The van der Waals surface area contributed by atoms with E-state index in [2.05, 4.69) is 92.3 Å². The highest BCUT2D eigenvalue weighted by Crippen LogP contribution is 2.60. The molecular weight excluding hydrogens is 306 g/mol. The number of hydrogen-bond acceptors (Lipinski definition) is 2. The summed E-state index contributed by atoms with van der Waals surface area (Å²) >= 11 is 0. The van der Waals surface area contributed by atoms with E-state index in [1.165, 1.54) is 16.8 Å². The van der Waals surface area contributed by atoms with E-state index in [0.717, 1.165) is 13.2 Å². The second kappa shape index (κ2) is 6.30. The van der Waals surface area contributed by atoms with Crippen LogP contribution in [0.4, 0.5) is 5.69 Å². The fourth-order valence-corrected chi connectivity index (χ4v) is 4.88. The van der Waals surface area contributed by atoms with Crippen LogP contribution in [0.1, 0.15) is 80.4 Å². The summed E-state index contributed by atoms with van der Waals surface area (Å²) in [7, 11) is 0. The van der Waals surface area contributed by atoms with Crippen LogP contribution in [0.25, 0.3) is 0 Å². The fourth-order valence-electron chi connectivity index (χ4n) is 4.88. The molecule has 1 aliphatic heterocycles. The SMILES string of the molecule is CCOCc1ccc2c(c1)C(C(C)(C)C)(C(C)(C)C)CN2C(C)(C)C. The molecule has 0 aromatic heterocycles. The Morgan fingerprint density at radius 3 is 1.96 bits per heavy atom. The molecule has 0 aliphatic carbocycles. The first kappa shape index (κ1) is 20.3. The van der Waals surface area contributed by atoms with Crippen LogP contribution < -0.4 is 4.90 Å². The summed E-state index contributed by atoms with van der Waals surface area (Å²) in [6.45, 7) is 26.0. The molecule has 0 saturated carbocycles. The molecule has 1 aromatic carbocycles. The Hall–Kier alpha value is -1.02. The Labute approximate surface area is 156 Å². The van der Waals surface area contributed by atoms with Crippen LogP contribution in [-0.4, -0.2) is 18.7 Å². The van der Waals surface area contributed by atoms with Crippen LogP contribution >= 0.6 is 0 Å². The van der Waals surface area contributed by atoms with Crippen molar-refractivity contribution in [1.29, 1.82) is 0 Å². The van der Waals surface area contributed by atoms with Gasteiger partial charge in [-0.15, -0.1) is 0 Å². The van der Waals surface area contributed by atoms with E-state index in [1.807, 2.05) is 0 Å². The minimum absolute atomic E-state index is 0.0881. The lowest BCUT2D eigenvalue weighted by atomic mass is 9.52. The van der Waals surface area contributed by atoms with Gasteiger partial charge in [0.05, 0.1) is 6.61 Å². The first-order chi connectivity index (χ1) is 11.3. The minimum Gasteiger partial charge on any atom is -0.377 e. The number of benzene rings is 1. The molecule has 0 bridgehead atoms. The second-order valence-electron chi connectivity index (χ2n) is 10.7. The summed E-state index contributed by atoms with van der Waals surface area (Å²) in [5.41, 5.74) is 4.69. The lowest BCUT2D eigenvalue weighted by molar-refractivity contribution is 0.0633. The van der Waals surface area contributed by atoms with Crippen LogP contribution in [0.2, 0.25) is 0 Å². The molecule has 0 N–H and O–H groups in total. The zero-order valence-electron chi connectivity index (χ0n) is 18.2. The predicted octanol–water partition coefficient (Wildman–Crippen LogP) is 6.17.